The van der Waals surface area contributed by atoms with Gasteiger partial charge in [-0.15, -0.1) is 0 Å². The molecule has 16 heavy (non-hydrogen) atoms. The van der Waals surface area contributed by atoms with Crippen molar-refractivity contribution in [3.63, 3.8) is 0 Å². The number of hydrogen-bond acceptors (Lipinski definition) is 3. The van der Waals surface area contributed by atoms with E-state index in [-0.39, 0.29) is 5.97 Å². The van der Waals surface area contributed by atoms with Gasteiger partial charge in [-0.2, -0.15) is 0 Å². The molecule has 3 heteroatoms. The summed E-state index contributed by atoms with van der Waals surface area (Å²) < 4.78 is 5.27. The standard InChI is InChI=1S/C13H15NO2/c1-10-2-4-12(5-3-10)16-13(15)11-6-8-14-9-7-11/h2-6,14H,7-9H2,1H3. The fourth-order valence-corrected chi connectivity index (χ4v) is 1.59. The Balaban J connectivity index is 2.01. The molecule has 1 aromatic rings. The van der Waals surface area contributed by atoms with Crippen LogP contribution in [-0.2, 0) is 4.79 Å². The Kier molecular flexibility index (Phi) is 3.37. The zero-order valence-corrected chi connectivity index (χ0v) is 9.32. The van der Waals surface area contributed by atoms with Crippen LogP contribution in [0, 0.1) is 6.92 Å². The topological polar surface area (TPSA) is 38.3 Å². The Morgan fingerprint density at radius 2 is 2.06 bits per heavy atom. The fraction of sp³-hybridized carbons (Fsp3) is 0.308. The van der Waals surface area contributed by atoms with Crippen LogP contribution in [0.1, 0.15) is 12.0 Å². The van der Waals surface area contributed by atoms with Gasteiger partial charge < -0.3 is 10.1 Å². The van der Waals surface area contributed by atoms with Crippen molar-refractivity contribution in [3.05, 3.63) is 41.5 Å². The van der Waals surface area contributed by atoms with Gasteiger partial charge in [0.15, 0.2) is 0 Å². The average molecular weight is 217 g/mol. The van der Waals surface area contributed by atoms with Crippen molar-refractivity contribution in [1.82, 2.24) is 5.32 Å². The van der Waals surface area contributed by atoms with E-state index in [4.69, 9.17) is 4.74 Å². The van der Waals surface area contributed by atoms with E-state index >= 15 is 0 Å². The van der Waals surface area contributed by atoms with Crippen molar-refractivity contribution in [3.8, 4) is 5.75 Å². The number of esters is 1. The molecule has 0 saturated heterocycles. The van der Waals surface area contributed by atoms with E-state index in [9.17, 15) is 4.79 Å². The first-order valence-electron chi connectivity index (χ1n) is 5.44. The Bertz CT molecular complexity index is 406. The van der Waals surface area contributed by atoms with Gasteiger partial charge >= 0.3 is 5.97 Å². The lowest BCUT2D eigenvalue weighted by molar-refractivity contribution is -0.130. The maximum atomic E-state index is 11.7. The lowest BCUT2D eigenvalue weighted by Gasteiger charge is -2.12. The van der Waals surface area contributed by atoms with Crippen molar-refractivity contribution < 1.29 is 9.53 Å². The molecule has 1 aliphatic rings. The summed E-state index contributed by atoms with van der Waals surface area (Å²) in [7, 11) is 0. The van der Waals surface area contributed by atoms with E-state index in [1.165, 1.54) is 0 Å². The molecule has 0 amide bonds. The van der Waals surface area contributed by atoms with Gasteiger partial charge in [0, 0.05) is 12.1 Å². The quantitative estimate of drug-likeness (QED) is 0.606. The Morgan fingerprint density at radius 1 is 1.31 bits per heavy atom. The number of nitrogens with one attached hydrogen (secondary N) is 1. The van der Waals surface area contributed by atoms with Crippen LogP contribution in [0.4, 0.5) is 0 Å². The van der Waals surface area contributed by atoms with Crippen LogP contribution in [0.2, 0.25) is 0 Å². The maximum absolute atomic E-state index is 11.7. The SMILES string of the molecule is Cc1ccc(OC(=O)C2=CCNCC2)cc1. The number of rotatable bonds is 2. The lowest BCUT2D eigenvalue weighted by Crippen LogP contribution is -2.25. The second kappa shape index (κ2) is 4.94. The molecule has 0 radical (unpaired) electrons. The number of aryl methyl sites for hydroxylation is 1. The molecule has 1 aromatic carbocycles. The molecule has 84 valence electrons. The van der Waals surface area contributed by atoms with Gasteiger partial charge in [0.2, 0.25) is 0 Å². The number of benzene rings is 1. The zero-order chi connectivity index (χ0) is 11.4. The Morgan fingerprint density at radius 3 is 2.69 bits per heavy atom. The highest BCUT2D eigenvalue weighted by molar-refractivity contribution is 5.90. The van der Waals surface area contributed by atoms with Gasteiger partial charge in [-0.3, -0.25) is 0 Å². The minimum Gasteiger partial charge on any atom is -0.423 e. The van der Waals surface area contributed by atoms with Gasteiger partial charge in [-0.05, 0) is 32.0 Å². The highest BCUT2D eigenvalue weighted by Gasteiger charge is 2.13. The first kappa shape index (κ1) is 10.9. The zero-order valence-electron chi connectivity index (χ0n) is 9.32. The van der Waals surface area contributed by atoms with Crippen LogP contribution < -0.4 is 10.1 Å². The van der Waals surface area contributed by atoms with Crippen molar-refractivity contribution in [1.29, 1.82) is 0 Å². The van der Waals surface area contributed by atoms with Crippen LogP contribution >= 0.6 is 0 Å². The molecular formula is C13H15NO2. The molecule has 3 nitrogen and oxygen atoms in total. The van der Waals surface area contributed by atoms with Crippen LogP contribution in [-0.4, -0.2) is 19.1 Å². The monoisotopic (exact) mass is 217 g/mol. The van der Waals surface area contributed by atoms with Crippen molar-refractivity contribution in [2.45, 2.75) is 13.3 Å². The molecule has 0 spiro atoms. The van der Waals surface area contributed by atoms with Crippen molar-refractivity contribution in [2.75, 3.05) is 13.1 Å². The number of hydrogen-bond donors (Lipinski definition) is 1. The van der Waals surface area contributed by atoms with Crippen LogP contribution in [0.3, 0.4) is 0 Å². The molecule has 1 heterocycles. The second-order valence-corrected chi connectivity index (χ2v) is 3.89. The number of ether oxygens (including phenoxy) is 1. The highest BCUT2D eigenvalue weighted by Crippen LogP contribution is 2.14. The molecule has 0 fully saturated rings. The third kappa shape index (κ3) is 2.70. The predicted molar refractivity (Wildman–Crippen MR) is 62.4 cm³/mol. The van der Waals surface area contributed by atoms with E-state index in [2.05, 4.69) is 5.32 Å². The van der Waals surface area contributed by atoms with E-state index < -0.39 is 0 Å². The minimum atomic E-state index is -0.231. The average Bonchev–Trinajstić information content (AvgIpc) is 2.33. The molecule has 0 aromatic heterocycles. The largest absolute Gasteiger partial charge is 0.423 e. The molecule has 0 aliphatic carbocycles. The van der Waals surface area contributed by atoms with Gasteiger partial charge in [0.05, 0.1) is 0 Å². The number of carbonyl (C=O) groups is 1. The summed E-state index contributed by atoms with van der Waals surface area (Å²) in [5, 5.41) is 3.16. The summed E-state index contributed by atoms with van der Waals surface area (Å²) >= 11 is 0. The van der Waals surface area contributed by atoms with E-state index in [1.54, 1.807) is 0 Å². The Labute approximate surface area is 95.1 Å². The van der Waals surface area contributed by atoms with Crippen LogP contribution in [0.5, 0.6) is 5.75 Å². The molecule has 1 N–H and O–H groups in total. The lowest BCUT2D eigenvalue weighted by atomic mass is 10.1. The first-order valence-corrected chi connectivity index (χ1v) is 5.44. The molecule has 0 bridgehead atoms. The van der Waals surface area contributed by atoms with Crippen LogP contribution in [0.15, 0.2) is 35.9 Å². The van der Waals surface area contributed by atoms with E-state index in [0.717, 1.165) is 30.6 Å². The van der Waals surface area contributed by atoms with E-state index in [1.807, 2.05) is 37.3 Å². The highest BCUT2D eigenvalue weighted by atomic mass is 16.5. The summed E-state index contributed by atoms with van der Waals surface area (Å²) in [5.74, 6) is 0.375. The minimum absolute atomic E-state index is 0.231. The number of carbonyl (C=O) groups excluding carboxylic acids is 1. The van der Waals surface area contributed by atoms with Crippen molar-refractivity contribution in [2.24, 2.45) is 0 Å². The maximum Gasteiger partial charge on any atom is 0.339 e. The van der Waals surface area contributed by atoms with Crippen molar-refractivity contribution >= 4 is 5.97 Å². The second-order valence-electron chi connectivity index (χ2n) is 3.89. The summed E-state index contributed by atoms with van der Waals surface area (Å²) in [6.45, 7) is 3.59. The third-order valence-electron chi connectivity index (χ3n) is 2.56. The molecule has 1 aliphatic heterocycles. The molecule has 0 atom stereocenters. The molecule has 2 rings (SSSR count). The predicted octanol–water partition coefficient (Wildman–Crippen LogP) is 1.82. The summed E-state index contributed by atoms with van der Waals surface area (Å²) in [6, 6.07) is 7.49. The van der Waals surface area contributed by atoms with Gasteiger partial charge in [0.1, 0.15) is 5.75 Å². The van der Waals surface area contributed by atoms with Gasteiger partial charge in [-0.25, -0.2) is 4.79 Å². The molecule has 0 unspecified atom stereocenters. The van der Waals surface area contributed by atoms with Gasteiger partial charge in [0.25, 0.3) is 0 Å². The third-order valence-corrected chi connectivity index (χ3v) is 2.56. The smallest absolute Gasteiger partial charge is 0.339 e. The summed E-state index contributed by atoms with van der Waals surface area (Å²) in [6.07, 6.45) is 2.63. The van der Waals surface area contributed by atoms with Crippen LogP contribution in [0.25, 0.3) is 0 Å². The summed E-state index contributed by atoms with van der Waals surface area (Å²) in [4.78, 5) is 11.7. The molecule has 0 saturated carbocycles. The van der Waals surface area contributed by atoms with E-state index in [0.29, 0.717) is 5.75 Å². The Hall–Kier alpha value is -1.61. The van der Waals surface area contributed by atoms with Gasteiger partial charge in [-0.1, -0.05) is 23.8 Å². The molecular weight excluding hydrogens is 202 g/mol. The fourth-order valence-electron chi connectivity index (χ4n) is 1.59. The summed E-state index contributed by atoms with van der Waals surface area (Å²) in [5.41, 5.74) is 1.92. The normalized spacial score (nSPS) is 15.4. The first-order chi connectivity index (χ1) is 7.75.